The highest BCUT2D eigenvalue weighted by Gasteiger charge is 2.09. The summed E-state index contributed by atoms with van der Waals surface area (Å²) < 4.78 is 10.9. The molecule has 0 saturated heterocycles. The van der Waals surface area contributed by atoms with Crippen molar-refractivity contribution in [3.63, 3.8) is 0 Å². The molecule has 1 N–H and O–H groups in total. The molecular formula is C13H19NO3S. The van der Waals surface area contributed by atoms with Crippen LogP contribution in [0, 0.1) is 0 Å². The first-order valence-electron chi connectivity index (χ1n) is 6.01. The minimum Gasteiger partial charge on any atom is -0.494 e. The summed E-state index contributed by atoms with van der Waals surface area (Å²) in [5.41, 5.74) is 0.634. The Kier molecular flexibility index (Phi) is 6.43. The van der Waals surface area contributed by atoms with Crippen molar-refractivity contribution in [3.8, 4) is 11.5 Å². The summed E-state index contributed by atoms with van der Waals surface area (Å²) in [5, 5.41) is 2.80. The lowest BCUT2D eigenvalue weighted by molar-refractivity contribution is -0.115. The minimum absolute atomic E-state index is 0.0837. The third-order valence-electron chi connectivity index (χ3n) is 2.17. The van der Waals surface area contributed by atoms with E-state index in [4.69, 9.17) is 9.47 Å². The Hall–Kier alpha value is -1.36. The van der Waals surface area contributed by atoms with Crippen LogP contribution >= 0.6 is 12.6 Å². The number of benzene rings is 1. The van der Waals surface area contributed by atoms with Gasteiger partial charge in [0, 0.05) is 12.5 Å². The van der Waals surface area contributed by atoms with Crippen LogP contribution in [0.5, 0.6) is 11.5 Å². The number of rotatable bonds is 7. The van der Waals surface area contributed by atoms with Crippen molar-refractivity contribution < 1.29 is 14.3 Å². The minimum atomic E-state index is -0.0837. The van der Waals surface area contributed by atoms with E-state index in [2.05, 4.69) is 17.9 Å². The highest BCUT2D eigenvalue weighted by molar-refractivity contribution is 7.80. The number of ether oxygens (including phenoxy) is 2. The largest absolute Gasteiger partial charge is 0.494 e. The SMILES string of the molecule is CCOc1ccc(OCC)c(NC(=O)CCS)c1. The van der Waals surface area contributed by atoms with Gasteiger partial charge in [0.15, 0.2) is 0 Å². The van der Waals surface area contributed by atoms with E-state index in [9.17, 15) is 4.79 Å². The fraction of sp³-hybridized carbons (Fsp3) is 0.462. The predicted octanol–water partition coefficient (Wildman–Crippen LogP) is 2.74. The number of thiol groups is 1. The maximum atomic E-state index is 11.6. The van der Waals surface area contributed by atoms with Crippen molar-refractivity contribution in [1.29, 1.82) is 0 Å². The molecule has 0 atom stereocenters. The van der Waals surface area contributed by atoms with Gasteiger partial charge in [-0.15, -0.1) is 0 Å². The molecule has 0 aromatic heterocycles. The standard InChI is InChI=1S/C13H19NO3S/c1-3-16-10-5-6-12(17-4-2)11(9-10)14-13(15)7-8-18/h5-6,9,18H,3-4,7-8H2,1-2H3,(H,14,15). The topological polar surface area (TPSA) is 47.6 Å². The van der Waals surface area contributed by atoms with Crippen molar-refractivity contribution in [1.82, 2.24) is 0 Å². The molecule has 5 heteroatoms. The lowest BCUT2D eigenvalue weighted by Gasteiger charge is -2.13. The third-order valence-corrected chi connectivity index (χ3v) is 2.40. The van der Waals surface area contributed by atoms with E-state index >= 15 is 0 Å². The summed E-state index contributed by atoms with van der Waals surface area (Å²) in [6, 6.07) is 5.39. The van der Waals surface area contributed by atoms with Crippen LogP contribution in [-0.4, -0.2) is 24.9 Å². The van der Waals surface area contributed by atoms with Crippen LogP contribution in [0.1, 0.15) is 20.3 Å². The zero-order valence-corrected chi connectivity index (χ0v) is 11.6. The van der Waals surface area contributed by atoms with E-state index in [1.54, 1.807) is 12.1 Å². The smallest absolute Gasteiger partial charge is 0.225 e. The van der Waals surface area contributed by atoms with E-state index in [1.807, 2.05) is 19.9 Å². The number of carbonyl (C=O) groups is 1. The lowest BCUT2D eigenvalue weighted by Crippen LogP contribution is -2.13. The zero-order valence-electron chi connectivity index (χ0n) is 10.7. The fourth-order valence-electron chi connectivity index (χ4n) is 1.46. The van der Waals surface area contributed by atoms with Gasteiger partial charge in [-0.3, -0.25) is 4.79 Å². The van der Waals surface area contributed by atoms with Crippen LogP contribution in [0.25, 0.3) is 0 Å². The molecule has 1 aromatic carbocycles. The summed E-state index contributed by atoms with van der Waals surface area (Å²) in [7, 11) is 0. The van der Waals surface area contributed by atoms with Crippen molar-refractivity contribution in [3.05, 3.63) is 18.2 Å². The van der Waals surface area contributed by atoms with Gasteiger partial charge < -0.3 is 14.8 Å². The summed E-state index contributed by atoms with van der Waals surface area (Å²) in [4.78, 5) is 11.6. The van der Waals surface area contributed by atoms with Crippen LogP contribution in [-0.2, 0) is 4.79 Å². The number of hydrogen-bond acceptors (Lipinski definition) is 4. The van der Waals surface area contributed by atoms with E-state index in [-0.39, 0.29) is 5.91 Å². The number of hydrogen-bond donors (Lipinski definition) is 2. The van der Waals surface area contributed by atoms with Gasteiger partial charge >= 0.3 is 0 Å². The second-order valence-electron chi connectivity index (χ2n) is 3.55. The number of carbonyl (C=O) groups excluding carboxylic acids is 1. The average molecular weight is 269 g/mol. The highest BCUT2D eigenvalue weighted by Crippen LogP contribution is 2.29. The molecule has 0 unspecified atom stereocenters. The maximum absolute atomic E-state index is 11.6. The van der Waals surface area contributed by atoms with Crippen molar-refractivity contribution in [2.24, 2.45) is 0 Å². The zero-order chi connectivity index (χ0) is 13.4. The van der Waals surface area contributed by atoms with Crippen LogP contribution in [0.2, 0.25) is 0 Å². The van der Waals surface area contributed by atoms with Crippen LogP contribution in [0.4, 0.5) is 5.69 Å². The summed E-state index contributed by atoms with van der Waals surface area (Å²) in [5.74, 6) is 1.79. The van der Waals surface area contributed by atoms with Gasteiger partial charge in [-0.2, -0.15) is 12.6 Å². The molecule has 0 aliphatic carbocycles. The van der Waals surface area contributed by atoms with Crippen molar-refractivity contribution in [2.75, 3.05) is 24.3 Å². The van der Waals surface area contributed by atoms with E-state index in [1.165, 1.54) is 0 Å². The number of amides is 1. The Morgan fingerprint density at radius 2 is 2.00 bits per heavy atom. The van der Waals surface area contributed by atoms with Gasteiger partial charge in [0.25, 0.3) is 0 Å². The number of nitrogens with one attached hydrogen (secondary N) is 1. The highest BCUT2D eigenvalue weighted by atomic mass is 32.1. The molecular weight excluding hydrogens is 250 g/mol. The first kappa shape index (κ1) is 14.7. The summed E-state index contributed by atoms with van der Waals surface area (Å²) in [6.07, 6.45) is 0.369. The average Bonchev–Trinajstić information content (AvgIpc) is 2.33. The van der Waals surface area contributed by atoms with Gasteiger partial charge in [0.1, 0.15) is 11.5 Å². The van der Waals surface area contributed by atoms with Gasteiger partial charge in [-0.25, -0.2) is 0 Å². The Bertz CT molecular complexity index is 396. The van der Waals surface area contributed by atoms with E-state index in [0.717, 1.165) is 0 Å². The van der Waals surface area contributed by atoms with E-state index in [0.29, 0.717) is 42.6 Å². The van der Waals surface area contributed by atoms with Crippen LogP contribution < -0.4 is 14.8 Å². The molecule has 0 heterocycles. The quantitative estimate of drug-likeness (QED) is 0.748. The predicted molar refractivity (Wildman–Crippen MR) is 75.9 cm³/mol. The molecule has 0 fully saturated rings. The Balaban J connectivity index is 2.88. The molecule has 1 amide bonds. The van der Waals surface area contributed by atoms with Gasteiger partial charge in [-0.05, 0) is 31.7 Å². The molecule has 0 spiro atoms. The summed E-state index contributed by atoms with van der Waals surface area (Å²) >= 11 is 4.03. The van der Waals surface area contributed by atoms with Crippen molar-refractivity contribution >= 4 is 24.2 Å². The molecule has 0 aliphatic heterocycles. The second kappa shape index (κ2) is 7.87. The van der Waals surface area contributed by atoms with Gasteiger partial charge in [0.05, 0.1) is 18.9 Å². The first-order chi connectivity index (χ1) is 8.71. The maximum Gasteiger partial charge on any atom is 0.225 e. The fourth-order valence-corrected chi connectivity index (χ4v) is 1.66. The molecule has 1 aromatic rings. The van der Waals surface area contributed by atoms with Gasteiger partial charge in [0.2, 0.25) is 5.91 Å². The molecule has 1 rings (SSSR count). The van der Waals surface area contributed by atoms with Crippen molar-refractivity contribution in [2.45, 2.75) is 20.3 Å². The second-order valence-corrected chi connectivity index (χ2v) is 3.99. The molecule has 100 valence electrons. The third kappa shape index (κ3) is 4.49. The molecule has 0 radical (unpaired) electrons. The normalized spacial score (nSPS) is 9.94. The first-order valence-corrected chi connectivity index (χ1v) is 6.64. The molecule has 4 nitrogen and oxygen atoms in total. The number of anilines is 1. The molecule has 0 aliphatic rings. The molecule has 0 saturated carbocycles. The van der Waals surface area contributed by atoms with Gasteiger partial charge in [-0.1, -0.05) is 0 Å². The Labute approximate surface area is 113 Å². The Morgan fingerprint density at radius 1 is 1.28 bits per heavy atom. The summed E-state index contributed by atoms with van der Waals surface area (Å²) in [6.45, 7) is 4.94. The molecule has 18 heavy (non-hydrogen) atoms. The molecule has 0 bridgehead atoms. The van der Waals surface area contributed by atoms with E-state index < -0.39 is 0 Å². The Morgan fingerprint density at radius 3 is 2.61 bits per heavy atom. The monoisotopic (exact) mass is 269 g/mol. The lowest BCUT2D eigenvalue weighted by atomic mass is 10.2. The van der Waals surface area contributed by atoms with Crippen LogP contribution in [0.15, 0.2) is 18.2 Å². The van der Waals surface area contributed by atoms with Crippen LogP contribution in [0.3, 0.4) is 0 Å².